The third kappa shape index (κ3) is 2.61. The molecule has 5 atom stereocenters. The van der Waals surface area contributed by atoms with E-state index in [0.717, 1.165) is 0 Å². The van der Waals surface area contributed by atoms with Crippen molar-refractivity contribution in [2.24, 2.45) is 0 Å². The van der Waals surface area contributed by atoms with E-state index < -0.39 is 48.6 Å². The topological polar surface area (TPSA) is 133 Å². The highest BCUT2D eigenvalue weighted by atomic mass is 16.6. The number of hydrogen-bond donors (Lipinski definition) is 4. The number of hydrogen-bond acceptors (Lipinski definition) is 7. The second-order valence-corrected chi connectivity index (χ2v) is 3.38. The minimum atomic E-state index is -1.55. The zero-order valence-corrected chi connectivity index (χ0v) is 7.76. The number of aliphatic hydroxyl groups excluding tert-OH is 4. The largest absolute Gasteiger partial charge is 0.394 e. The van der Waals surface area contributed by atoms with Crippen LogP contribution in [0.15, 0.2) is 0 Å². The molecule has 0 saturated carbocycles. The second kappa shape index (κ2) is 4.81. The summed E-state index contributed by atoms with van der Waals surface area (Å²) in [5.74, 6) is 0. The Hall–Kier alpha value is -0.800. The Morgan fingerprint density at radius 2 is 1.67 bits per heavy atom. The predicted molar refractivity (Wildman–Crippen MR) is 45.6 cm³/mol. The Morgan fingerprint density at radius 3 is 2.13 bits per heavy atom. The molecule has 0 aromatic carbocycles. The molecule has 4 N–H and O–H groups in total. The van der Waals surface area contributed by atoms with Crippen LogP contribution in [0.4, 0.5) is 0 Å². The Balaban J connectivity index is 2.69. The van der Waals surface area contributed by atoms with E-state index in [4.69, 9.17) is 9.84 Å². The van der Waals surface area contributed by atoms with Crippen LogP contribution in [0.5, 0.6) is 0 Å². The van der Waals surface area contributed by atoms with Gasteiger partial charge in [-0.25, -0.2) is 0 Å². The monoisotopic (exact) mass is 223 g/mol. The maximum atomic E-state index is 10.2. The van der Waals surface area contributed by atoms with Crippen molar-refractivity contribution in [3.05, 3.63) is 10.1 Å². The van der Waals surface area contributed by atoms with Crippen LogP contribution in [-0.4, -0.2) is 69.0 Å². The fourth-order valence-corrected chi connectivity index (χ4v) is 1.48. The van der Waals surface area contributed by atoms with Gasteiger partial charge in [0.25, 0.3) is 0 Å². The van der Waals surface area contributed by atoms with E-state index in [9.17, 15) is 25.4 Å². The molecule has 1 fully saturated rings. The molecule has 0 amide bonds. The van der Waals surface area contributed by atoms with E-state index in [2.05, 4.69) is 0 Å². The number of nitro groups is 1. The lowest BCUT2D eigenvalue weighted by molar-refractivity contribution is -0.499. The van der Waals surface area contributed by atoms with Gasteiger partial charge in [0.1, 0.15) is 24.4 Å². The highest BCUT2D eigenvalue weighted by Crippen LogP contribution is 2.21. The second-order valence-electron chi connectivity index (χ2n) is 3.38. The SMILES string of the molecule is O=[N+]([O-])C[C@@H]1O[C@H](CO)C(O)C(O)C1O. The summed E-state index contributed by atoms with van der Waals surface area (Å²) in [5.41, 5.74) is 0. The molecule has 1 aliphatic rings. The van der Waals surface area contributed by atoms with Crippen LogP contribution in [0.25, 0.3) is 0 Å². The van der Waals surface area contributed by atoms with Gasteiger partial charge in [0.05, 0.1) is 6.61 Å². The lowest BCUT2D eigenvalue weighted by Gasteiger charge is -2.38. The molecule has 8 nitrogen and oxygen atoms in total. The fraction of sp³-hybridized carbons (Fsp3) is 1.00. The van der Waals surface area contributed by atoms with Crippen molar-refractivity contribution in [1.29, 1.82) is 0 Å². The standard InChI is InChI=1S/C7H13NO7/c9-2-4-6(11)7(12)5(10)3(15-4)1-8(13)14/h3-7,9-12H,1-2H2/t3-,4+,5?,6?,7?/m0/s1. The summed E-state index contributed by atoms with van der Waals surface area (Å²) < 4.78 is 4.89. The summed E-state index contributed by atoms with van der Waals surface area (Å²) in [5, 5.41) is 46.9. The van der Waals surface area contributed by atoms with Crippen LogP contribution >= 0.6 is 0 Å². The van der Waals surface area contributed by atoms with Gasteiger partial charge in [-0.05, 0) is 0 Å². The van der Waals surface area contributed by atoms with Gasteiger partial charge >= 0.3 is 0 Å². The maximum absolute atomic E-state index is 10.2. The molecule has 0 radical (unpaired) electrons. The molecule has 1 saturated heterocycles. The van der Waals surface area contributed by atoms with Crippen molar-refractivity contribution in [3.63, 3.8) is 0 Å². The summed E-state index contributed by atoms with van der Waals surface area (Å²) in [4.78, 5) is 9.50. The molecular formula is C7H13NO7. The molecule has 0 bridgehead atoms. The summed E-state index contributed by atoms with van der Waals surface area (Å²) in [7, 11) is 0. The third-order valence-electron chi connectivity index (χ3n) is 2.32. The Labute approximate surface area is 84.9 Å². The molecule has 0 spiro atoms. The van der Waals surface area contributed by atoms with Crippen molar-refractivity contribution >= 4 is 0 Å². The zero-order chi connectivity index (χ0) is 11.6. The average molecular weight is 223 g/mol. The van der Waals surface area contributed by atoms with Crippen LogP contribution in [0.3, 0.4) is 0 Å². The van der Waals surface area contributed by atoms with E-state index >= 15 is 0 Å². The Morgan fingerprint density at radius 1 is 1.13 bits per heavy atom. The minimum Gasteiger partial charge on any atom is -0.394 e. The quantitative estimate of drug-likeness (QED) is 0.298. The average Bonchev–Trinajstić information content (AvgIpc) is 2.18. The van der Waals surface area contributed by atoms with Crippen LogP contribution in [-0.2, 0) is 4.74 Å². The van der Waals surface area contributed by atoms with E-state index in [0.29, 0.717) is 0 Å². The molecule has 88 valence electrons. The first-order chi connectivity index (χ1) is 6.97. The first kappa shape index (κ1) is 12.3. The van der Waals surface area contributed by atoms with Gasteiger partial charge in [-0.3, -0.25) is 10.1 Å². The molecule has 0 aliphatic carbocycles. The highest BCUT2D eigenvalue weighted by molar-refractivity contribution is 4.91. The minimum absolute atomic E-state index is 0.584. The summed E-state index contributed by atoms with van der Waals surface area (Å²) in [6, 6.07) is 0. The van der Waals surface area contributed by atoms with Gasteiger partial charge in [0.15, 0.2) is 6.10 Å². The van der Waals surface area contributed by atoms with Crippen molar-refractivity contribution in [2.45, 2.75) is 30.5 Å². The van der Waals surface area contributed by atoms with Crippen LogP contribution in [0.2, 0.25) is 0 Å². The summed E-state index contributed by atoms with van der Waals surface area (Å²) in [6.07, 6.45) is -6.88. The molecule has 0 aromatic rings. The van der Waals surface area contributed by atoms with E-state index in [-0.39, 0.29) is 0 Å². The van der Waals surface area contributed by atoms with E-state index in [1.54, 1.807) is 0 Å². The van der Waals surface area contributed by atoms with Gasteiger partial charge in [-0.1, -0.05) is 0 Å². The van der Waals surface area contributed by atoms with Gasteiger partial charge < -0.3 is 25.2 Å². The first-order valence-corrected chi connectivity index (χ1v) is 4.39. The molecule has 15 heavy (non-hydrogen) atoms. The van der Waals surface area contributed by atoms with Crippen molar-refractivity contribution in [2.75, 3.05) is 13.2 Å². The van der Waals surface area contributed by atoms with Crippen LogP contribution in [0, 0.1) is 10.1 Å². The number of ether oxygens (including phenoxy) is 1. The van der Waals surface area contributed by atoms with Gasteiger partial charge in [0, 0.05) is 4.92 Å². The normalized spacial score (nSPS) is 41.5. The fourth-order valence-electron chi connectivity index (χ4n) is 1.48. The van der Waals surface area contributed by atoms with Crippen molar-refractivity contribution in [3.8, 4) is 0 Å². The van der Waals surface area contributed by atoms with Gasteiger partial charge in [0.2, 0.25) is 6.54 Å². The Bertz CT molecular complexity index is 233. The number of nitrogens with zero attached hydrogens (tertiary/aromatic N) is 1. The highest BCUT2D eigenvalue weighted by Gasteiger charge is 2.45. The smallest absolute Gasteiger partial charge is 0.232 e. The summed E-state index contributed by atoms with van der Waals surface area (Å²) in [6.45, 7) is -1.28. The van der Waals surface area contributed by atoms with E-state index in [1.165, 1.54) is 0 Å². The molecule has 8 heteroatoms. The maximum Gasteiger partial charge on any atom is 0.232 e. The molecule has 1 aliphatic heterocycles. The van der Waals surface area contributed by atoms with Crippen LogP contribution < -0.4 is 0 Å². The van der Waals surface area contributed by atoms with Gasteiger partial charge in [-0.2, -0.15) is 0 Å². The van der Waals surface area contributed by atoms with Crippen LogP contribution in [0.1, 0.15) is 0 Å². The summed E-state index contributed by atoms with van der Waals surface area (Å²) >= 11 is 0. The van der Waals surface area contributed by atoms with E-state index in [1.807, 2.05) is 0 Å². The molecular weight excluding hydrogens is 210 g/mol. The number of rotatable bonds is 3. The third-order valence-corrected chi connectivity index (χ3v) is 2.32. The lowest BCUT2D eigenvalue weighted by atomic mass is 9.95. The van der Waals surface area contributed by atoms with Crippen molar-refractivity contribution < 1.29 is 30.1 Å². The van der Waals surface area contributed by atoms with Crippen molar-refractivity contribution in [1.82, 2.24) is 0 Å². The Kier molecular flexibility index (Phi) is 3.94. The lowest BCUT2D eigenvalue weighted by Crippen LogP contribution is -2.60. The first-order valence-electron chi connectivity index (χ1n) is 4.39. The zero-order valence-electron chi connectivity index (χ0n) is 7.76. The molecule has 0 aromatic heterocycles. The molecule has 3 unspecified atom stereocenters. The molecule has 1 heterocycles. The predicted octanol–water partition coefficient (Wildman–Crippen LogP) is -2.89. The molecule has 1 rings (SSSR count). The number of aliphatic hydroxyl groups is 4. The van der Waals surface area contributed by atoms with Gasteiger partial charge in [-0.15, -0.1) is 0 Å².